The number of nitrogens with zero attached hydrogens (tertiary/aromatic N) is 1. The van der Waals surface area contributed by atoms with E-state index in [0.29, 0.717) is 22.7 Å². The summed E-state index contributed by atoms with van der Waals surface area (Å²) in [4.78, 5) is 53.7. The number of hydrogen-bond donors (Lipinski definition) is 4. The first-order chi connectivity index (χ1) is 18.7. The van der Waals surface area contributed by atoms with Crippen LogP contribution in [-0.4, -0.2) is 52.0 Å². The average Bonchev–Trinajstić information content (AvgIpc) is 2.84. The lowest BCUT2D eigenvalue weighted by atomic mass is 10.00. The number of nitrogens with two attached hydrogens (primary N) is 1. The maximum atomic E-state index is 14.1. The summed E-state index contributed by atoms with van der Waals surface area (Å²) in [7, 11) is 0. The molecule has 0 spiro atoms. The van der Waals surface area contributed by atoms with Crippen molar-refractivity contribution in [3.63, 3.8) is 0 Å². The molecule has 4 amide bonds. The summed E-state index contributed by atoms with van der Waals surface area (Å²) in [5.41, 5.74) is 5.77. The number of nitrogens with one attached hydrogen (secondary N) is 2. The van der Waals surface area contributed by atoms with Crippen LogP contribution in [0.5, 0.6) is 5.75 Å². The van der Waals surface area contributed by atoms with E-state index >= 15 is 0 Å². The molecule has 40 heavy (non-hydrogen) atoms. The summed E-state index contributed by atoms with van der Waals surface area (Å²) < 4.78 is 5.29. The maximum Gasteiger partial charge on any atom is 0.408 e. The number of para-hydroxylation sites is 2. The van der Waals surface area contributed by atoms with Gasteiger partial charge >= 0.3 is 6.09 Å². The lowest BCUT2D eigenvalue weighted by Gasteiger charge is -2.34. The first-order valence-corrected chi connectivity index (χ1v) is 13.5. The SMILES string of the molecule is CCCCCN(C(=O)C(CC(N)=O)NC(=O)OC(C)(C)C)C(C(=O)Nc1c(C)cccc1Cl)c1ccccc1O. The number of hydrogen-bond acceptors (Lipinski definition) is 6. The second-order valence-electron chi connectivity index (χ2n) is 10.5. The molecule has 2 atom stereocenters. The number of carbonyl (C=O) groups excluding carboxylic acids is 4. The number of aryl methyl sites for hydroxylation is 1. The van der Waals surface area contributed by atoms with Crippen molar-refractivity contribution in [3.05, 3.63) is 58.6 Å². The smallest absolute Gasteiger partial charge is 0.408 e. The highest BCUT2D eigenvalue weighted by Gasteiger charge is 2.38. The van der Waals surface area contributed by atoms with E-state index in [2.05, 4.69) is 10.6 Å². The van der Waals surface area contributed by atoms with Gasteiger partial charge in [0.2, 0.25) is 11.8 Å². The predicted octanol–water partition coefficient (Wildman–Crippen LogP) is 4.82. The summed E-state index contributed by atoms with van der Waals surface area (Å²) in [5.74, 6) is -2.42. The number of unbranched alkanes of at least 4 members (excludes halogenated alkanes) is 2. The summed E-state index contributed by atoms with van der Waals surface area (Å²) in [6.07, 6.45) is 0.634. The normalized spacial score (nSPS) is 12.7. The number of phenols is 1. The van der Waals surface area contributed by atoms with Gasteiger partial charge in [-0.15, -0.1) is 0 Å². The van der Waals surface area contributed by atoms with Crippen molar-refractivity contribution in [2.24, 2.45) is 5.73 Å². The molecule has 0 bridgehead atoms. The minimum Gasteiger partial charge on any atom is -0.508 e. The second kappa shape index (κ2) is 14.6. The van der Waals surface area contributed by atoms with Gasteiger partial charge in [-0.1, -0.05) is 61.7 Å². The summed E-state index contributed by atoms with van der Waals surface area (Å²) >= 11 is 6.36. The zero-order chi connectivity index (χ0) is 30.0. The Kier molecular flexibility index (Phi) is 11.8. The molecule has 0 aromatic heterocycles. The third-order valence-corrected chi connectivity index (χ3v) is 6.26. The van der Waals surface area contributed by atoms with E-state index in [-0.39, 0.29) is 17.9 Å². The van der Waals surface area contributed by atoms with E-state index in [1.54, 1.807) is 58.0 Å². The molecule has 2 unspecified atom stereocenters. The molecular formula is C29H39ClN4O6. The third-order valence-electron chi connectivity index (χ3n) is 5.94. The molecule has 2 aromatic rings. The van der Waals surface area contributed by atoms with Crippen molar-refractivity contribution >= 4 is 41.1 Å². The molecule has 0 fully saturated rings. The van der Waals surface area contributed by atoms with Crippen molar-refractivity contribution in [1.29, 1.82) is 0 Å². The van der Waals surface area contributed by atoms with Gasteiger partial charge in [0.1, 0.15) is 23.4 Å². The van der Waals surface area contributed by atoms with Gasteiger partial charge in [0.25, 0.3) is 5.91 Å². The number of aromatic hydroxyl groups is 1. The highest BCUT2D eigenvalue weighted by atomic mass is 35.5. The van der Waals surface area contributed by atoms with Crippen molar-refractivity contribution in [2.75, 3.05) is 11.9 Å². The molecule has 0 aliphatic carbocycles. The number of primary amides is 1. The highest BCUT2D eigenvalue weighted by molar-refractivity contribution is 6.34. The topological polar surface area (TPSA) is 151 Å². The Bertz CT molecular complexity index is 1190. The van der Waals surface area contributed by atoms with Crippen molar-refractivity contribution < 1.29 is 29.0 Å². The Labute approximate surface area is 240 Å². The van der Waals surface area contributed by atoms with Gasteiger partial charge in [-0.25, -0.2) is 4.79 Å². The number of amides is 4. The van der Waals surface area contributed by atoms with Crippen LogP contribution in [0.4, 0.5) is 10.5 Å². The van der Waals surface area contributed by atoms with Crippen LogP contribution in [0.1, 0.15) is 70.5 Å². The van der Waals surface area contributed by atoms with Crippen molar-refractivity contribution in [1.82, 2.24) is 10.2 Å². The fraction of sp³-hybridized carbons (Fsp3) is 0.448. The Hall–Kier alpha value is -3.79. The van der Waals surface area contributed by atoms with E-state index in [1.165, 1.54) is 17.0 Å². The van der Waals surface area contributed by atoms with Crippen molar-refractivity contribution in [3.8, 4) is 5.75 Å². The molecule has 2 rings (SSSR count). The molecule has 10 nitrogen and oxygen atoms in total. The monoisotopic (exact) mass is 574 g/mol. The molecule has 0 heterocycles. The number of benzene rings is 2. The zero-order valence-electron chi connectivity index (χ0n) is 23.6. The standard InChI is InChI=1S/C29H39ClN4O6/c1-6-7-10-16-34(27(38)21(17-23(31)36)32-28(39)40-29(3,4)5)25(19-13-8-9-15-22(19)35)26(37)33-24-18(2)12-11-14-20(24)30/h8-9,11-15,21,25,35H,6-7,10,16-17H2,1-5H3,(H2,31,36)(H,32,39)(H,33,37). The van der Waals surface area contributed by atoms with E-state index < -0.39 is 47.9 Å². The summed E-state index contributed by atoms with van der Waals surface area (Å²) in [6.45, 7) is 8.82. The van der Waals surface area contributed by atoms with Crippen LogP contribution in [0, 0.1) is 6.92 Å². The number of rotatable bonds is 12. The van der Waals surface area contributed by atoms with Gasteiger partial charge in [0.15, 0.2) is 0 Å². The van der Waals surface area contributed by atoms with Gasteiger partial charge in [-0.05, 0) is 51.8 Å². The van der Waals surface area contributed by atoms with Crippen molar-refractivity contribution in [2.45, 2.75) is 78.0 Å². The van der Waals surface area contributed by atoms with Crippen LogP contribution < -0.4 is 16.4 Å². The van der Waals surface area contributed by atoms with Gasteiger partial charge in [0, 0.05) is 12.1 Å². The second-order valence-corrected chi connectivity index (χ2v) is 10.9. The molecule has 0 aliphatic heterocycles. The quantitative estimate of drug-likeness (QED) is 0.267. The van der Waals surface area contributed by atoms with Gasteiger partial charge < -0.3 is 31.1 Å². The molecule has 5 N–H and O–H groups in total. The Morgan fingerprint density at radius 3 is 2.33 bits per heavy atom. The van der Waals surface area contributed by atoms with Crippen LogP contribution in [0.25, 0.3) is 0 Å². The summed E-state index contributed by atoms with van der Waals surface area (Å²) in [5, 5.41) is 16.3. The number of ether oxygens (including phenoxy) is 1. The number of anilines is 1. The fourth-order valence-corrected chi connectivity index (χ4v) is 4.37. The molecule has 0 saturated heterocycles. The molecule has 11 heteroatoms. The van der Waals surface area contributed by atoms with Gasteiger partial charge in [-0.3, -0.25) is 14.4 Å². The number of halogens is 1. The minimum absolute atomic E-state index is 0.0891. The largest absolute Gasteiger partial charge is 0.508 e. The molecule has 2 aromatic carbocycles. The minimum atomic E-state index is -1.42. The Morgan fingerprint density at radius 2 is 1.75 bits per heavy atom. The van der Waals surface area contributed by atoms with E-state index in [1.807, 2.05) is 6.92 Å². The van der Waals surface area contributed by atoms with Gasteiger partial charge in [0.05, 0.1) is 17.1 Å². The van der Waals surface area contributed by atoms with Crippen LogP contribution in [0.3, 0.4) is 0 Å². The van der Waals surface area contributed by atoms with E-state index in [4.69, 9.17) is 22.1 Å². The van der Waals surface area contributed by atoms with Crippen LogP contribution in [-0.2, 0) is 19.1 Å². The fourth-order valence-electron chi connectivity index (χ4n) is 4.10. The van der Waals surface area contributed by atoms with Crippen LogP contribution in [0.2, 0.25) is 5.02 Å². The first kappa shape index (κ1) is 32.4. The van der Waals surface area contributed by atoms with Crippen LogP contribution in [0.15, 0.2) is 42.5 Å². The number of phenolic OH excluding ortho intramolecular Hbond substituents is 1. The molecule has 0 radical (unpaired) electrons. The molecular weight excluding hydrogens is 536 g/mol. The third kappa shape index (κ3) is 9.44. The lowest BCUT2D eigenvalue weighted by Crippen LogP contribution is -2.53. The maximum absolute atomic E-state index is 14.1. The summed E-state index contributed by atoms with van der Waals surface area (Å²) in [6, 6.07) is 8.54. The van der Waals surface area contributed by atoms with E-state index in [0.717, 1.165) is 12.8 Å². The van der Waals surface area contributed by atoms with Gasteiger partial charge in [-0.2, -0.15) is 0 Å². The first-order valence-electron chi connectivity index (χ1n) is 13.2. The Balaban J connectivity index is 2.60. The molecule has 218 valence electrons. The zero-order valence-corrected chi connectivity index (χ0v) is 24.4. The average molecular weight is 575 g/mol. The molecule has 0 saturated carbocycles. The lowest BCUT2D eigenvalue weighted by molar-refractivity contribution is -0.142. The highest BCUT2D eigenvalue weighted by Crippen LogP contribution is 2.33. The van der Waals surface area contributed by atoms with E-state index in [9.17, 15) is 24.3 Å². The molecule has 0 aliphatic rings. The Morgan fingerprint density at radius 1 is 1.07 bits per heavy atom. The number of carbonyl (C=O) groups is 4. The number of alkyl carbamates (subject to hydrolysis) is 1. The van der Waals surface area contributed by atoms with Crippen LogP contribution >= 0.6 is 11.6 Å². The predicted molar refractivity (Wildman–Crippen MR) is 154 cm³/mol.